The van der Waals surface area contributed by atoms with Crippen LogP contribution in [0.4, 0.5) is 0 Å². The van der Waals surface area contributed by atoms with Crippen LogP contribution in [0.15, 0.2) is 23.4 Å². The minimum absolute atomic E-state index is 0.147. The van der Waals surface area contributed by atoms with E-state index in [1.54, 1.807) is 0 Å². The Morgan fingerprint density at radius 1 is 1.39 bits per heavy atom. The molecule has 0 bridgehead atoms. The predicted octanol–water partition coefficient (Wildman–Crippen LogP) is 3.58. The van der Waals surface area contributed by atoms with Crippen LogP contribution < -0.4 is 5.73 Å². The number of hydrogen-bond acceptors (Lipinski definition) is 4. The molecular formula is C17H22IN3O2. The van der Waals surface area contributed by atoms with Gasteiger partial charge in [-0.3, -0.25) is 4.79 Å². The summed E-state index contributed by atoms with van der Waals surface area (Å²) in [5.74, 6) is -0.609. The molecule has 1 aromatic rings. The summed E-state index contributed by atoms with van der Waals surface area (Å²) in [6.07, 6.45) is -0.818. The molecule has 1 amide bonds. The topological polar surface area (TPSA) is 88.5 Å². The highest BCUT2D eigenvalue weighted by Crippen LogP contribution is 2.25. The van der Waals surface area contributed by atoms with Gasteiger partial charge >= 0.3 is 0 Å². The average Bonchev–Trinajstić information content (AvgIpc) is 2.45. The lowest BCUT2D eigenvalue weighted by Crippen LogP contribution is -2.28. The number of amides is 1. The SMILES string of the molecule is Cc1cc(C)cc(C(ON=C(CC#N)C(C)(C)CI)C(N)=O)c1. The smallest absolute Gasteiger partial charge is 0.266 e. The zero-order valence-electron chi connectivity index (χ0n) is 13.9. The third-order valence-electron chi connectivity index (χ3n) is 3.44. The maximum absolute atomic E-state index is 11.8. The van der Waals surface area contributed by atoms with Crippen molar-refractivity contribution in [3.05, 3.63) is 34.9 Å². The van der Waals surface area contributed by atoms with Crippen LogP contribution in [0.3, 0.4) is 0 Å². The maximum atomic E-state index is 11.8. The Bertz CT molecular complexity index is 627. The monoisotopic (exact) mass is 427 g/mol. The Kier molecular flexibility index (Phi) is 7.01. The second kappa shape index (κ2) is 8.29. The summed E-state index contributed by atoms with van der Waals surface area (Å²) in [5.41, 5.74) is 8.49. The van der Waals surface area contributed by atoms with Crippen LogP contribution in [0.2, 0.25) is 0 Å². The molecule has 0 saturated heterocycles. The van der Waals surface area contributed by atoms with E-state index in [9.17, 15) is 4.79 Å². The number of alkyl halides is 1. The van der Waals surface area contributed by atoms with Gasteiger partial charge in [0.15, 0.2) is 0 Å². The van der Waals surface area contributed by atoms with E-state index in [1.165, 1.54) is 0 Å². The van der Waals surface area contributed by atoms with Crippen LogP contribution in [-0.2, 0) is 9.63 Å². The maximum Gasteiger partial charge on any atom is 0.266 e. The van der Waals surface area contributed by atoms with Gasteiger partial charge in [-0.15, -0.1) is 0 Å². The lowest BCUT2D eigenvalue weighted by molar-refractivity contribution is -0.129. The number of carbonyl (C=O) groups excluding carboxylic acids is 1. The number of oxime groups is 1. The molecule has 0 saturated carbocycles. The summed E-state index contributed by atoms with van der Waals surface area (Å²) < 4.78 is 0.777. The Labute approximate surface area is 151 Å². The summed E-state index contributed by atoms with van der Waals surface area (Å²) in [5, 5.41) is 13.1. The fourth-order valence-electron chi connectivity index (χ4n) is 2.10. The van der Waals surface area contributed by atoms with Gasteiger partial charge in [0.1, 0.15) is 0 Å². The first-order valence-corrected chi connectivity index (χ1v) is 8.77. The molecule has 0 heterocycles. The van der Waals surface area contributed by atoms with Crippen molar-refractivity contribution in [3.8, 4) is 6.07 Å². The van der Waals surface area contributed by atoms with E-state index >= 15 is 0 Å². The molecule has 5 nitrogen and oxygen atoms in total. The molecular weight excluding hydrogens is 405 g/mol. The van der Waals surface area contributed by atoms with Crippen molar-refractivity contribution in [2.24, 2.45) is 16.3 Å². The minimum Gasteiger partial charge on any atom is -0.378 e. The Balaban J connectivity index is 3.15. The zero-order valence-corrected chi connectivity index (χ0v) is 16.0. The summed E-state index contributed by atoms with van der Waals surface area (Å²) >= 11 is 2.24. The Morgan fingerprint density at radius 2 is 1.96 bits per heavy atom. The second-order valence-electron chi connectivity index (χ2n) is 6.20. The first kappa shape index (κ1) is 19.4. The van der Waals surface area contributed by atoms with Crippen molar-refractivity contribution >= 4 is 34.2 Å². The van der Waals surface area contributed by atoms with Gasteiger partial charge < -0.3 is 10.6 Å². The fourth-order valence-corrected chi connectivity index (χ4v) is 2.54. The Morgan fingerprint density at radius 3 is 2.39 bits per heavy atom. The highest BCUT2D eigenvalue weighted by Gasteiger charge is 2.26. The molecule has 0 aliphatic carbocycles. The molecule has 0 aliphatic heterocycles. The van der Waals surface area contributed by atoms with E-state index in [0.29, 0.717) is 11.3 Å². The van der Waals surface area contributed by atoms with Gasteiger partial charge in [-0.25, -0.2) is 0 Å². The van der Waals surface area contributed by atoms with E-state index in [0.717, 1.165) is 15.6 Å². The van der Waals surface area contributed by atoms with Crippen molar-refractivity contribution in [1.82, 2.24) is 0 Å². The highest BCUT2D eigenvalue weighted by atomic mass is 127. The summed E-state index contributed by atoms with van der Waals surface area (Å²) in [7, 11) is 0. The number of nitrogens with two attached hydrogens (primary N) is 1. The largest absolute Gasteiger partial charge is 0.378 e. The standard InChI is InChI=1S/C17H22IN3O2/c1-11-7-12(2)9-13(8-11)15(16(20)22)23-21-14(5-6-19)17(3,4)10-18/h7-9,15H,5,10H2,1-4H3,(H2,20,22). The molecule has 1 aromatic carbocycles. The number of rotatable bonds is 7. The molecule has 0 aliphatic rings. The van der Waals surface area contributed by atoms with E-state index in [1.807, 2.05) is 45.9 Å². The van der Waals surface area contributed by atoms with Crippen molar-refractivity contribution in [1.29, 1.82) is 5.26 Å². The van der Waals surface area contributed by atoms with Gasteiger partial charge in [0.05, 0.1) is 18.2 Å². The van der Waals surface area contributed by atoms with Crippen molar-refractivity contribution in [3.63, 3.8) is 0 Å². The summed E-state index contributed by atoms with van der Waals surface area (Å²) in [6.45, 7) is 7.85. The van der Waals surface area contributed by atoms with Crippen molar-refractivity contribution < 1.29 is 9.63 Å². The quantitative estimate of drug-likeness (QED) is 0.312. The van der Waals surface area contributed by atoms with E-state index in [4.69, 9.17) is 15.8 Å². The number of carbonyl (C=O) groups is 1. The normalized spacial score (nSPS) is 13.3. The van der Waals surface area contributed by atoms with Gasteiger partial charge in [-0.2, -0.15) is 5.26 Å². The molecule has 0 fully saturated rings. The van der Waals surface area contributed by atoms with Crippen LogP contribution in [-0.4, -0.2) is 16.0 Å². The summed E-state index contributed by atoms with van der Waals surface area (Å²) in [6, 6.07) is 7.80. The number of aryl methyl sites for hydroxylation is 2. The third-order valence-corrected chi connectivity index (χ3v) is 5.34. The van der Waals surface area contributed by atoms with Crippen LogP contribution in [0.25, 0.3) is 0 Å². The van der Waals surface area contributed by atoms with E-state index < -0.39 is 12.0 Å². The fraction of sp³-hybridized carbons (Fsp3) is 0.471. The third kappa shape index (κ3) is 5.50. The average molecular weight is 427 g/mol. The summed E-state index contributed by atoms with van der Waals surface area (Å²) in [4.78, 5) is 17.2. The molecule has 6 heteroatoms. The van der Waals surface area contributed by atoms with Gasteiger partial charge in [-0.1, -0.05) is 70.9 Å². The van der Waals surface area contributed by atoms with E-state index in [-0.39, 0.29) is 11.8 Å². The van der Waals surface area contributed by atoms with Crippen molar-refractivity contribution in [2.75, 3.05) is 4.43 Å². The van der Waals surface area contributed by atoms with Crippen LogP contribution >= 0.6 is 22.6 Å². The van der Waals surface area contributed by atoms with E-state index in [2.05, 4.69) is 33.8 Å². The lowest BCUT2D eigenvalue weighted by atomic mass is 9.88. The zero-order chi connectivity index (χ0) is 17.6. The number of halogens is 1. The van der Waals surface area contributed by atoms with Gasteiger partial charge in [0.2, 0.25) is 6.10 Å². The molecule has 124 valence electrons. The number of nitriles is 1. The number of hydrogen-bond donors (Lipinski definition) is 1. The molecule has 2 N–H and O–H groups in total. The highest BCUT2D eigenvalue weighted by molar-refractivity contribution is 14.1. The van der Waals surface area contributed by atoms with Crippen LogP contribution in [0, 0.1) is 30.6 Å². The number of primary amides is 1. The molecule has 1 atom stereocenters. The van der Waals surface area contributed by atoms with Crippen LogP contribution in [0.1, 0.15) is 43.1 Å². The molecule has 1 unspecified atom stereocenters. The van der Waals surface area contributed by atoms with Gasteiger partial charge in [-0.05, 0) is 13.8 Å². The minimum atomic E-state index is -0.965. The van der Waals surface area contributed by atoms with Crippen LogP contribution in [0.5, 0.6) is 0 Å². The molecule has 0 spiro atoms. The van der Waals surface area contributed by atoms with Gasteiger partial charge in [0, 0.05) is 15.4 Å². The number of benzene rings is 1. The Hall–Kier alpha value is -1.62. The van der Waals surface area contributed by atoms with Crippen molar-refractivity contribution in [2.45, 2.75) is 40.2 Å². The molecule has 23 heavy (non-hydrogen) atoms. The lowest BCUT2D eigenvalue weighted by Gasteiger charge is -2.23. The second-order valence-corrected chi connectivity index (χ2v) is 6.96. The first-order chi connectivity index (χ1) is 10.7. The first-order valence-electron chi connectivity index (χ1n) is 7.25. The number of nitrogens with zero attached hydrogens (tertiary/aromatic N) is 2. The molecule has 0 radical (unpaired) electrons. The van der Waals surface area contributed by atoms with Gasteiger partial charge in [0.25, 0.3) is 5.91 Å². The molecule has 1 rings (SSSR count). The molecule has 0 aromatic heterocycles. The predicted molar refractivity (Wildman–Crippen MR) is 99.3 cm³/mol.